The molecule has 0 amide bonds. The van der Waals surface area contributed by atoms with Gasteiger partial charge in [0, 0.05) is 5.88 Å². The van der Waals surface area contributed by atoms with E-state index in [2.05, 4.69) is 0 Å². The Kier molecular flexibility index (Phi) is 4.38. The highest BCUT2D eigenvalue weighted by Crippen LogP contribution is 2.42. The van der Waals surface area contributed by atoms with Crippen LogP contribution < -0.4 is 4.31 Å². The number of sulfonamides is 1. The Labute approximate surface area is 153 Å². The smallest absolute Gasteiger partial charge is 0.263 e. The van der Waals surface area contributed by atoms with Crippen molar-refractivity contribution in [2.24, 2.45) is 0 Å². The third kappa shape index (κ3) is 2.74. The average Bonchev–Trinajstić information content (AvgIpc) is 2.58. The molecule has 0 saturated carbocycles. The molecule has 1 unspecified atom stereocenters. The minimum Gasteiger partial charge on any atom is -0.263 e. The fourth-order valence-electron chi connectivity index (χ4n) is 2.80. The van der Waals surface area contributed by atoms with Gasteiger partial charge in [-0.15, -0.1) is 11.6 Å². The second-order valence-electron chi connectivity index (χ2n) is 6.38. The average molecular weight is 400 g/mol. The van der Waals surface area contributed by atoms with E-state index >= 15 is 0 Å². The van der Waals surface area contributed by atoms with Crippen LogP contribution in [0.2, 0.25) is 0 Å². The van der Waals surface area contributed by atoms with Crippen LogP contribution in [0.1, 0.15) is 12.5 Å². The first-order valence-electron chi connectivity index (χ1n) is 7.62. The van der Waals surface area contributed by atoms with Crippen LogP contribution in [-0.4, -0.2) is 34.0 Å². The first-order valence-corrected chi connectivity index (χ1v) is 11.1. The lowest BCUT2D eigenvalue weighted by Crippen LogP contribution is -2.54. The summed E-state index contributed by atoms with van der Waals surface area (Å²) in [5, 5.41) is 0. The Balaban J connectivity index is 2.24. The van der Waals surface area contributed by atoms with Crippen molar-refractivity contribution in [3.05, 3.63) is 54.1 Å². The second-order valence-corrected chi connectivity index (χ2v) is 10.9. The molecule has 1 aliphatic rings. The standard InChI is InChI=1S/C17H18ClNO4S2/c1-13-7-9-14(10-8-13)25(22,23)19-12-17(2,11-18)24(20,21)16-6-4-3-5-15(16)19/h3-10H,11-12H2,1-2H3. The van der Waals surface area contributed by atoms with Crippen molar-refractivity contribution in [2.75, 3.05) is 16.7 Å². The maximum absolute atomic E-state index is 13.2. The summed E-state index contributed by atoms with van der Waals surface area (Å²) in [6.45, 7) is 3.11. The fourth-order valence-corrected chi connectivity index (χ4v) is 6.74. The van der Waals surface area contributed by atoms with Gasteiger partial charge in [-0.25, -0.2) is 16.8 Å². The molecule has 5 nitrogen and oxygen atoms in total. The molecular formula is C17H18ClNO4S2. The Morgan fingerprint density at radius 2 is 1.72 bits per heavy atom. The van der Waals surface area contributed by atoms with Crippen LogP contribution in [0.15, 0.2) is 58.3 Å². The van der Waals surface area contributed by atoms with Crippen molar-refractivity contribution in [3.8, 4) is 0 Å². The molecule has 1 heterocycles. The molecule has 2 aromatic rings. The second kappa shape index (κ2) is 6.00. The zero-order valence-corrected chi connectivity index (χ0v) is 16.2. The number of sulfone groups is 1. The normalized spacial score (nSPS) is 22.4. The van der Waals surface area contributed by atoms with E-state index in [9.17, 15) is 16.8 Å². The molecule has 0 spiro atoms. The maximum atomic E-state index is 13.2. The SMILES string of the molecule is Cc1ccc(S(=O)(=O)N2CC(C)(CCl)S(=O)(=O)c3ccccc32)cc1. The van der Waals surface area contributed by atoms with Crippen LogP contribution in [0.5, 0.6) is 0 Å². The van der Waals surface area contributed by atoms with Gasteiger partial charge in [-0.2, -0.15) is 0 Å². The number of aryl methyl sites for hydroxylation is 1. The van der Waals surface area contributed by atoms with Crippen LogP contribution in [0.25, 0.3) is 0 Å². The van der Waals surface area contributed by atoms with Crippen molar-refractivity contribution in [3.63, 3.8) is 0 Å². The third-order valence-corrected chi connectivity index (χ3v) is 9.46. The van der Waals surface area contributed by atoms with E-state index in [0.29, 0.717) is 0 Å². The van der Waals surface area contributed by atoms with E-state index < -0.39 is 24.6 Å². The van der Waals surface area contributed by atoms with Crippen LogP contribution in [0, 0.1) is 6.92 Å². The number of para-hydroxylation sites is 1. The molecule has 0 aliphatic carbocycles. The monoisotopic (exact) mass is 399 g/mol. The molecule has 0 fully saturated rings. The topological polar surface area (TPSA) is 71.5 Å². The Morgan fingerprint density at radius 1 is 1.12 bits per heavy atom. The molecular weight excluding hydrogens is 382 g/mol. The third-order valence-electron chi connectivity index (χ3n) is 4.44. The maximum Gasteiger partial charge on any atom is 0.264 e. The predicted octanol–water partition coefficient (Wildman–Crippen LogP) is 2.98. The van der Waals surface area contributed by atoms with Gasteiger partial charge in [0.05, 0.1) is 22.0 Å². The minimum absolute atomic E-state index is 0.0138. The molecule has 1 atom stereocenters. The molecule has 134 valence electrons. The molecule has 1 aliphatic heterocycles. The number of hydrogen-bond acceptors (Lipinski definition) is 4. The quantitative estimate of drug-likeness (QED) is 0.744. The molecule has 3 rings (SSSR count). The van der Waals surface area contributed by atoms with Crippen LogP contribution in [-0.2, 0) is 19.9 Å². The Morgan fingerprint density at radius 3 is 2.32 bits per heavy atom. The summed E-state index contributed by atoms with van der Waals surface area (Å²) >= 11 is 5.95. The molecule has 0 N–H and O–H groups in total. The van der Waals surface area contributed by atoms with Crippen LogP contribution in [0.3, 0.4) is 0 Å². The van der Waals surface area contributed by atoms with Crippen molar-refractivity contribution in [1.29, 1.82) is 0 Å². The van der Waals surface area contributed by atoms with Gasteiger partial charge in [-0.05, 0) is 38.1 Å². The van der Waals surface area contributed by atoms with Gasteiger partial charge in [0.1, 0.15) is 4.75 Å². The highest BCUT2D eigenvalue weighted by molar-refractivity contribution is 7.95. The lowest BCUT2D eigenvalue weighted by Gasteiger charge is -2.40. The minimum atomic E-state index is -3.91. The summed E-state index contributed by atoms with van der Waals surface area (Å²) in [5.74, 6) is -0.205. The summed E-state index contributed by atoms with van der Waals surface area (Å²) in [7, 11) is -7.67. The summed E-state index contributed by atoms with van der Waals surface area (Å²) < 4.78 is 51.9. The molecule has 25 heavy (non-hydrogen) atoms. The van der Waals surface area contributed by atoms with Crippen molar-refractivity contribution in [2.45, 2.75) is 28.4 Å². The fraction of sp³-hybridized carbons (Fsp3) is 0.294. The molecule has 0 bridgehead atoms. The number of rotatable bonds is 3. The van der Waals surface area contributed by atoms with Crippen molar-refractivity contribution < 1.29 is 16.8 Å². The van der Waals surface area contributed by atoms with E-state index in [1.54, 1.807) is 24.3 Å². The number of halogens is 1. The van der Waals surface area contributed by atoms with E-state index in [1.807, 2.05) is 6.92 Å². The summed E-state index contributed by atoms with van der Waals surface area (Å²) in [4.78, 5) is 0.101. The number of fused-ring (bicyclic) bond motifs is 1. The molecule has 0 radical (unpaired) electrons. The van der Waals surface area contributed by atoms with Crippen LogP contribution in [0.4, 0.5) is 5.69 Å². The van der Waals surface area contributed by atoms with E-state index in [4.69, 9.17) is 11.6 Å². The number of benzene rings is 2. The Bertz CT molecular complexity index is 1020. The highest BCUT2D eigenvalue weighted by atomic mass is 35.5. The van der Waals surface area contributed by atoms with Crippen molar-refractivity contribution >= 4 is 37.1 Å². The zero-order valence-electron chi connectivity index (χ0n) is 13.8. The van der Waals surface area contributed by atoms with Gasteiger partial charge in [0.2, 0.25) is 0 Å². The molecule has 8 heteroatoms. The molecule has 2 aromatic carbocycles. The lowest BCUT2D eigenvalue weighted by molar-refractivity contribution is 0.536. The number of anilines is 1. The van der Waals surface area contributed by atoms with Gasteiger partial charge in [0.15, 0.2) is 9.84 Å². The van der Waals surface area contributed by atoms with Gasteiger partial charge in [-0.3, -0.25) is 4.31 Å². The largest absolute Gasteiger partial charge is 0.264 e. The molecule has 0 aromatic heterocycles. The Hall–Kier alpha value is -1.57. The van der Waals surface area contributed by atoms with E-state index in [0.717, 1.165) is 9.87 Å². The predicted molar refractivity (Wildman–Crippen MR) is 98.5 cm³/mol. The zero-order chi connectivity index (χ0) is 18.5. The van der Waals surface area contributed by atoms with E-state index in [-0.39, 0.29) is 27.9 Å². The summed E-state index contributed by atoms with van der Waals surface area (Å²) in [6, 6.07) is 12.6. The van der Waals surface area contributed by atoms with Crippen molar-refractivity contribution in [1.82, 2.24) is 0 Å². The molecule has 0 saturated heterocycles. The van der Waals surface area contributed by atoms with Gasteiger partial charge < -0.3 is 0 Å². The highest BCUT2D eigenvalue weighted by Gasteiger charge is 2.49. The van der Waals surface area contributed by atoms with Gasteiger partial charge >= 0.3 is 0 Å². The van der Waals surface area contributed by atoms with Gasteiger partial charge in [-0.1, -0.05) is 29.8 Å². The first kappa shape index (κ1) is 18.2. The summed E-state index contributed by atoms with van der Waals surface area (Å²) in [6.07, 6.45) is 0. The number of alkyl halides is 1. The van der Waals surface area contributed by atoms with Gasteiger partial charge in [0.25, 0.3) is 10.0 Å². The number of nitrogens with zero attached hydrogens (tertiary/aromatic N) is 1. The summed E-state index contributed by atoms with van der Waals surface area (Å²) in [5.41, 5.74) is 1.09. The first-order chi connectivity index (χ1) is 11.6. The number of hydrogen-bond donors (Lipinski definition) is 0. The van der Waals surface area contributed by atoms with E-state index in [1.165, 1.54) is 31.2 Å². The lowest BCUT2D eigenvalue weighted by atomic mass is 10.2. The van der Waals surface area contributed by atoms with Crippen LogP contribution >= 0.6 is 11.6 Å².